The molecule has 0 amide bonds. The van der Waals surface area contributed by atoms with E-state index in [9.17, 15) is 0 Å². The van der Waals surface area contributed by atoms with Crippen molar-refractivity contribution in [1.82, 2.24) is 14.9 Å². The van der Waals surface area contributed by atoms with Crippen molar-refractivity contribution in [2.24, 2.45) is 7.05 Å². The molecule has 0 bridgehead atoms. The number of fused-ring (bicyclic) bond motifs is 1. The summed E-state index contributed by atoms with van der Waals surface area (Å²) in [5.74, 6) is 1.03. The molecule has 0 atom stereocenters. The second-order valence-corrected chi connectivity index (χ2v) is 4.56. The van der Waals surface area contributed by atoms with E-state index in [1.165, 1.54) is 12.8 Å². The zero-order valence-corrected chi connectivity index (χ0v) is 9.77. The molecule has 86 valence electrons. The maximum Gasteiger partial charge on any atom is 0.123 e. The van der Waals surface area contributed by atoms with E-state index in [2.05, 4.69) is 20.9 Å². The van der Waals surface area contributed by atoms with Crippen LogP contribution in [0.25, 0.3) is 11.0 Å². The molecular formula is C13H14N4. The van der Waals surface area contributed by atoms with Crippen LogP contribution in [0.1, 0.15) is 24.2 Å². The molecule has 4 heteroatoms. The fourth-order valence-corrected chi connectivity index (χ4v) is 1.99. The van der Waals surface area contributed by atoms with Gasteiger partial charge < -0.3 is 9.88 Å². The second-order valence-electron chi connectivity index (χ2n) is 4.56. The maximum atomic E-state index is 8.89. The molecule has 1 aromatic heterocycles. The van der Waals surface area contributed by atoms with Gasteiger partial charge in [0.1, 0.15) is 5.82 Å². The van der Waals surface area contributed by atoms with Crippen molar-refractivity contribution in [2.45, 2.75) is 25.4 Å². The van der Waals surface area contributed by atoms with Crippen molar-refractivity contribution in [3.63, 3.8) is 0 Å². The zero-order chi connectivity index (χ0) is 11.8. The first-order valence-corrected chi connectivity index (χ1v) is 5.87. The predicted molar refractivity (Wildman–Crippen MR) is 65.3 cm³/mol. The number of rotatable bonds is 3. The van der Waals surface area contributed by atoms with E-state index < -0.39 is 0 Å². The largest absolute Gasteiger partial charge is 0.330 e. The number of aromatic nitrogens is 2. The normalized spacial score (nSPS) is 15.1. The molecule has 0 unspecified atom stereocenters. The minimum absolute atomic E-state index is 0.683. The first-order chi connectivity index (χ1) is 8.28. The van der Waals surface area contributed by atoms with E-state index >= 15 is 0 Å². The molecule has 2 aromatic rings. The Morgan fingerprint density at radius 3 is 3.06 bits per heavy atom. The van der Waals surface area contributed by atoms with Gasteiger partial charge in [0.15, 0.2) is 0 Å². The average molecular weight is 226 g/mol. The lowest BCUT2D eigenvalue weighted by Gasteiger charge is -2.03. The summed E-state index contributed by atoms with van der Waals surface area (Å²) in [5, 5.41) is 12.3. The summed E-state index contributed by atoms with van der Waals surface area (Å²) < 4.78 is 2.06. The summed E-state index contributed by atoms with van der Waals surface area (Å²) in [5.41, 5.74) is 2.66. The number of nitrogens with one attached hydrogen (secondary N) is 1. The number of imidazole rings is 1. The molecule has 1 N–H and O–H groups in total. The standard InChI is InChI=1S/C13H14N4/c1-17-12-6-9(7-14)2-5-11(12)16-13(17)8-15-10-3-4-10/h2,5-6,10,15H,3-4,8H2,1H3. The van der Waals surface area contributed by atoms with Crippen molar-refractivity contribution < 1.29 is 0 Å². The minimum Gasteiger partial charge on any atom is -0.330 e. The topological polar surface area (TPSA) is 53.6 Å². The Hall–Kier alpha value is -1.86. The Labute approximate surface area is 99.9 Å². The fourth-order valence-electron chi connectivity index (χ4n) is 1.99. The number of aryl methyl sites for hydroxylation is 1. The van der Waals surface area contributed by atoms with Gasteiger partial charge in [-0.15, -0.1) is 0 Å². The Bertz CT molecular complexity index is 602. The molecule has 1 saturated carbocycles. The number of hydrogen-bond acceptors (Lipinski definition) is 3. The fraction of sp³-hybridized carbons (Fsp3) is 0.385. The summed E-state index contributed by atoms with van der Waals surface area (Å²) in [6.45, 7) is 0.803. The van der Waals surface area contributed by atoms with Gasteiger partial charge in [0.2, 0.25) is 0 Å². The highest BCUT2D eigenvalue weighted by atomic mass is 15.1. The molecule has 4 nitrogen and oxygen atoms in total. The van der Waals surface area contributed by atoms with Gasteiger partial charge in [-0.1, -0.05) is 0 Å². The van der Waals surface area contributed by atoms with E-state index in [1.54, 1.807) is 0 Å². The van der Waals surface area contributed by atoms with Crippen LogP contribution in [0.5, 0.6) is 0 Å². The van der Waals surface area contributed by atoms with Crippen molar-refractivity contribution in [1.29, 1.82) is 5.26 Å². The molecule has 0 spiro atoms. The third kappa shape index (κ3) is 1.90. The third-order valence-corrected chi connectivity index (χ3v) is 3.23. The number of benzene rings is 1. The summed E-state index contributed by atoms with van der Waals surface area (Å²) in [6, 6.07) is 8.46. The summed E-state index contributed by atoms with van der Waals surface area (Å²) in [6.07, 6.45) is 2.56. The number of hydrogen-bond donors (Lipinski definition) is 1. The predicted octanol–water partition coefficient (Wildman–Crippen LogP) is 1.70. The molecule has 0 radical (unpaired) electrons. The van der Waals surface area contributed by atoms with Crippen LogP contribution in [0, 0.1) is 11.3 Å². The average Bonchev–Trinajstić information content (AvgIpc) is 3.13. The lowest BCUT2D eigenvalue weighted by Crippen LogP contribution is -2.18. The molecule has 3 rings (SSSR count). The molecular weight excluding hydrogens is 212 g/mol. The first kappa shape index (κ1) is 10.3. The van der Waals surface area contributed by atoms with Gasteiger partial charge in [-0.05, 0) is 31.0 Å². The highest BCUT2D eigenvalue weighted by Crippen LogP contribution is 2.20. The van der Waals surface area contributed by atoms with Crippen molar-refractivity contribution in [3.05, 3.63) is 29.6 Å². The van der Waals surface area contributed by atoms with Crippen LogP contribution in [-0.4, -0.2) is 15.6 Å². The monoisotopic (exact) mass is 226 g/mol. The van der Waals surface area contributed by atoms with Crippen LogP contribution in [0.3, 0.4) is 0 Å². The van der Waals surface area contributed by atoms with Crippen molar-refractivity contribution in [3.8, 4) is 6.07 Å². The minimum atomic E-state index is 0.683. The molecule has 1 aromatic carbocycles. The van der Waals surface area contributed by atoms with Gasteiger partial charge in [0, 0.05) is 13.1 Å². The summed E-state index contributed by atoms with van der Waals surface area (Å²) in [4.78, 5) is 4.58. The molecule has 17 heavy (non-hydrogen) atoms. The molecule has 0 aliphatic heterocycles. The Morgan fingerprint density at radius 2 is 2.35 bits per heavy atom. The molecule has 0 saturated heterocycles. The van der Waals surface area contributed by atoms with E-state index in [4.69, 9.17) is 5.26 Å². The lowest BCUT2D eigenvalue weighted by atomic mass is 10.2. The highest BCUT2D eigenvalue weighted by molar-refractivity contribution is 5.77. The first-order valence-electron chi connectivity index (χ1n) is 5.87. The van der Waals surface area contributed by atoms with E-state index in [-0.39, 0.29) is 0 Å². The highest BCUT2D eigenvalue weighted by Gasteiger charge is 2.21. The van der Waals surface area contributed by atoms with Crippen LogP contribution in [0.4, 0.5) is 0 Å². The van der Waals surface area contributed by atoms with Gasteiger partial charge in [-0.3, -0.25) is 0 Å². The smallest absolute Gasteiger partial charge is 0.123 e. The Morgan fingerprint density at radius 1 is 1.53 bits per heavy atom. The lowest BCUT2D eigenvalue weighted by molar-refractivity contribution is 0.639. The van der Waals surface area contributed by atoms with E-state index in [1.807, 2.05) is 25.2 Å². The molecule has 1 fully saturated rings. The zero-order valence-electron chi connectivity index (χ0n) is 9.77. The van der Waals surface area contributed by atoms with E-state index in [0.29, 0.717) is 11.6 Å². The Balaban J connectivity index is 1.96. The van der Waals surface area contributed by atoms with Gasteiger partial charge in [-0.25, -0.2) is 4.98 Å². The third-order valence-electron chi connectivity index (χ3n) is 3.23. The number of nitrogens with zero attached hydrogens (tertiary/aromatic N) is 3. The van der Waals surface area contributed by atoms with Crippen LogP contribution in [0.15, 0.2) is 18.2 Å². The van der Waals surface area contributed by atoms with Crippen LogP contribution in [0.2, 0.25) is 0 Å². The number of nitriles is 1. The van der Waals surface area contributed by atoms with Crippen LogP contribution >= 0.6 is 0 Å². The van der Waals surface area contributed by atoms with Gasteiger partial charge in [-0.2, -0.15) is 5.26 Å². The quantitative estimate of drug-likeness (QED) is 0.866. The van der Waals surface area contributed by atoms with Crippen LogP contribution in [-0.2, 0) is 13.6 Å². The Kier molecular flexibility index (Phi) is 2.34. The van der Waals surface area contributed by atoms with Crippen molar-refractivity contribution in [2.75, 3.05) is 0 Å². The molecule has 1 aliphatic carbocycles. The SMILES string of the molecule is Cn1c(CNC2CC2)nc2ccc(C#N)cc21. The molecule has 1 aliphatic rings. The summed E-state index contributed by atoms with van der Waals surface area (Å²) >= 11 is 0. The molecule has 1 heterocycles. The summed E-state index contributed by atoms with van der Waals surface area (Å²) in [7, 11) is 2.00. The van der Waals surface area contributed by atoms with Crippen LogP contribution < -0.4 is 5.32 Å². The van der Waals surface area contributed by atoms with Gasteiger partial charge in [0.25, 0.3) is 0 Å². The van der Waals surface area contributed by atoms with E-state index in [0.717, 1.165) is 23.4 Å². The second kappa shape index (κ2) is 3.86. The van der Waals surface area contributed by atoms with Crippen molar-refractivity contribution >= 4 is 11.0 Å². The van der Waals surface area contributed by atoms with Gasteiger partial charge >= 0.3 is 0 Å². The maximum absolute atomic E-state index is 8.89. The van der Waals surface area contributed by atoms with Gasteiger partial charge in [0.05, 0.1) is 29.2 Å².